The van der Waals surface area contributed by atoms with E-state index in [4.69, 9.17) is 23.2 Å². The Labute approximate surface area is 118 Å². The van der Waals surface area contributed by atoms with Crippen molar-refractivity contribution < 1.29 is 0 Å². The van der Waals surface area contributed by atoms with Gasteiger partial charge in [0.2, 0.25) is 0 Å². The van der Waals surface area contributed by atoms with Crippen LogP contribution >= 0.6 is 23.2 Å². The number of anilines is 1. The lowest BCUT2D eigenvalue weighted by molar-refractivity contribution is 0.0719. The van der Waals surface area contributed by atoms with Crippen LogP contribution in [-0.4, -0.2) is 19.1 Å². The van der Waals surface area contributed by atoms with Crippen LogP contribution < -0.4 is 10.6 Å². The van der Waals surface area contributed by atoms with Crippen molar-refractivity contribution in [2.75, 3.05) is 18.4 Å². The Balaban J connectivity index is 1.59. The van der Waals surface area contributed by atoms with Gasteiger partial charge in [0.15, 0.2) is 0 Å². The Morgan fingerprint density at radius 3 is 2.28 bits per heavy atom. The van der Waals surface area contributed by atoms with Crippen LogP contribution in [0.4, 0.5) is 5.69 Å². The topological polar surface area (TPSA) is 24.1 Å². The van der Waals surface area contributed by atoms with Gasteiger partial charge in [-0.05, 0) is 62.4 Å². The van der Waals surface area contributed by atoms with Crippen molar-refractivity contribution in [3.63, 3.8) is 0 Å². The highest BCUT2D eigenvalue weighted by Crippen LogP contribution is 2.48. The molecule has 4 heteroatoms. The summed E-state index contributed by atoms with van der Waals surface area (Å²) in [6, 6.07) is 6.24. The quantitative estimate of drug-likeness (QED) is 0.860. The predicted molar refractivity (Wildman–Crippen MR) is 77.6 cm³/mol. The minimum atomic E-state index is 0.581. The molecule has 1 aliphatic heterocycles. The van der Waals surface area contributed by atoms with Gasteiger partial charge < -0.3 is 10.6 Å². The third kappa shape index (κ3) is 2.61. The Hall–Kier alpha value is -0.440. The molecule has 0 radical (unpaired) electrons. The van der Waals surface area contributed by atoms with Crippen LogP contribution in [0.3, 0.4) is 0 Å². The molecule has 98 valence electrons. The lowest BCUT2D eigenvalue weighted by Gasteiger charge is -2.50. The fraction of sp³-hybridized carbons (Fsp3) is 0.571. The molecule has 0 unspecified atom stereocenters. The summed E-state index contributed by atoms with van der Waals surface area (Å²) >= 11 is 12.0. The van der Waals surface area contributed by atoms with Crippen LogP contribution in [0.2, 0.25) is 10.0 Å². The summed E-state index contributed by atoms with van der Waals surface area (Å²) in [4.78, 5) is 0. The summed E-state index contributed by atoms with van der Waals surface area (Å²) in [6.07, 6.45) is 5.20. The first-order valence-corrected chi connectivity index (χ1v) is 7.34. The molecule has 2 fully saturated rings. The van der Waals surface area contributed by atoms with E-state index in [1.807, 2.05) is 12.1 Å². The molecule has 1 aromatic rings. The first kappa shape index (κ1) is 12.6. The number of piperidine rings is 1. The molecule has 3 rings (SSSR count). The summed E-state index contributed by atoms with van der Waals surface area (Å²) in [5.41, 5.74) is 1.65. The highest BCUT2D eigenvalue weighted by atomic mass is 35.5. The standard InChI is InChI=1S/C14H18Cl2N2/c15-10-5-11(16)7-12(6-10)18-13-8-14(9-13)1-3-17-4-2-14/h5-7,13,17-18H,1-4,8-9H2. The van der Waals surface area contributed by atoms with Gasteiger partial charge in [-0.1, -0.05) is 23.2 Å². The first-order chi connectivity index (χ1) is 8.65. The molecule has 0 bridgehead atoms. The zero-order valence-electron chi connectivity index (χ0n) is 10.3. The largest absolute Gasteiger partial charge is 0.382 e. The molecule has 2 nitrogen and oxygen atoms in total. The SMILES string of the molecule is Clc1cc(Cl)cc(NC2CC3(CCNCC3)C2)c1. The van der Waals surface area contributed by atoms with Gasteiger partial charge in [0.05, 0.1) is 0 Å². The van der Waals surface area contributed by atoms with Gasteiger partial charge in [-0.3, -0.25) is 0 Å². The molecule has 1 spiro atoms. The molecule has 1 saturated heterocycles. The molecule has 0 atom stereocenters. The molecule has 1 heterocycles. The number of halogens is 2. The third-order valence-corrected chi connectivity index (χ3v) is 4.69. The second-order valence-corrected chi connectivity index (χ2v) is 6.53. The average molecular weight is 285 g/mol. The van der Waals surface area contributed by atoms with E-state index in [0.717, 1.165) is 5.69 Å². The maximum absolute atomic E-state index is 6.00. The van der Waals surface area contributed by atoms with Gasteiger partial charge in [-0.15, -0.1) is 0 Å². The molecule has 2 N–H and O–H groups in total. The summed E-state index contributed by atoms with van der Waals surface area (Å²) < 4.78 is 0. The van der Waals surface area contributed by atoms with Gasteiger partial charge in [0, 0.05) is 21.8 Å². The number of benzene rings is 1. The predicted octanol–water partition coefficient (Wildman–Crippen LogP) is 3.94. The highest BCUT2D eigenvalue weighted by Gasteiger charge is 2.44. The average Bonchev–Trinajstić information content (AvgIpc) is 2.27. The smallest absolute Gasteiger partial charge is 0.0441 e. The lowest BCUT2D eigenvalue weighted by atomic mass is 9.60. The van der Waals surface area contributed by atoms with E-state index in [9.17, 15) is 0 Å². The van der Waals surface area contributed by atoms with Crippen LogP contribution in [-0.2, 0) is 0 Å². The van der Waals surface area contributed by atoms with Gasteiger partial charge in [0.1, 0.15) is 0 Å². The second kappa shape index (κ2) is 4.92. The second-order valence-electron chi connectivity index (χ2n) is 5.66. The fourth-order valence-electron chi connectivity index (χ4n) is 3.33. The van der Waals surface area contributed by atoms with Gasteiger partial charge in [-0.25, -0.2) is 0 Å². The van der Waals surface area contributed by atoms with Crippen molar-refractivity contribution in [3.8, 4) is 0 Å². The summed E-state index contributed by atoms with van der Waals surface area (Å²) in [5, 5.41) is 8.37. The van der Waals surface area contributed by atoms with E-state index >= 15 is 0 Å². The van der Waals surface area contributed by atoms with E-state index in [-0.39, 0.29) is 0 Å². The van der Waals surface area contributed by atoms with Crippen molar-refractivity contribution in [1.82, 2.24) is 5.32 Å². The number of rotatable bonds is 2. The Morgan fingerprint density at radius 2 is 1.67 bits per heavy atom. The number of hydrogen-bond acceptors (Lipinski definition) is 2. The maximum atomic E-state index is 6.00. The molecule has 0 aromatic heterocycles. The molecule has 18 heavy (non-hydrogen) atoms. The number of hydrogen-bond donors (Lipinski definition) is 2. The van der Waals surface area contributed by atoms with E-state index < -0.39 is 0 Å². The van der Waals surface area contributed by atoms with E-state index in [0.29, 0.717) is 21.5 Å². The number of nitrogens with one attached hydrogen (secondary N) is 2. The van der Waals surface area contributed by atoms with Crippen molar-refractivity contribution in [3.05, 3.63) is 28.2 Å². The molecule has 1 saturated carbocycles. The molecule has 1 aromatic carbocycles. The molecule has 2 aliphatic rings. The van der Waals surface area contributed by atoms with Gasteiger partial charge >= 0.3 is 0 Å². The van der Waals surface area contributed by atoms with Crippen LogP contribution in [0, 0.1) is 5.41 Å². The Kier molecular flexibility index (Phi) is 3.44. The first-order valence-electron chi connectivity index (χ1n) is 6.59. The highest BCUT2D eigenvalue weighted by molar-refractivity contribution is 6.35. The zero-order valence-corrected chi connectivity index (χ0v) is 11.8. The van der Waals surface area contributed by atoms with Crippen molar-refractivity contribution in [1.29, 1.82) is 0 Å². The van der Waals surface area contributed by atoms with Crippen LogP contribution in [0.25, 0.3) is 0 Å². The van der Waals surface area contributed by atoms with Gasteiger partial charge in [0.25, 0.3) is 0 Å². The monoisotopic (exact) mass is 284 g/mol. The van der Waals surface area contributed by atoms with Crippen LogP contribution in [0.5, 0.6) is 0 Å². The van der Waals surface area contributed by atoms with Crippen LogP contribution in [0.1, 0.15) is 25.7 Å². The minimum Gasteiger partial charge on any atom is -0.382 e. The van der Waals surface area contributed by atoms with Crippen molar-refractivity contribution >= 4 is 28.9 Å². The fourth-order valence-corrected chi connectivity index (χ4v) is 3.85. The van der Waals surface area contributed by atoms with Crippen molar-refractivity contribution in [2.24, 2.45) is 5.41 Å². The van der Waals surface area contributed by atoms with Crippen LogP contribution in [0.15, 0.2) is 18.2 Å². The Bertz CT molecular complexity index is 413. The normalized spacial score (nSPS) is 22.8. The lowest BCUT2D eigenvalue weighted by Crippen LogP contribution is -2.50. The zero-order chi connectivity index (χ0) is 12.6. The molecule has 0 amide bonds. The van der Waals surface area contributed by atoms with Crippen molar-refractivity contribution in [2.45, 2.75) is 31.7 Å². The molecule has 1 aliphatic carbocycles. The van der Waals surface area contributed by atoms with E-state index in [1.165, 1.54) is 38.8 Å². The summed E-state index contributed by atoms with van der Waals surface area (Å²) in [7, 11) is 0. The Morgan fingerprint density at radius 1 is 1.06 bits per heavy atom. The van der Waals surface area contributed by atoms with E-state index in [2.05, 4.69) is 10.6 Å². The molecular formula is C14H18Cl2N2. The van der Waals surface area contributed by atoms with Gasteiger partial charge in [-0.2, -0.15) is 0 Å². The summed E-state index contributed by atoms with van der Waals surface area (Å²) in [6.45, 7) is 2.35. The maximum Gasteiger partial charge on any atom is 0.0441 e. The van der Waals surface area contributed by atoms with E-state index in [1.54, 1.807) is 6.07 Å². The molecular weight excluding hydrogens is 267 g/mol. The minimum absolute atomic E-state index is 0.581. The third-order valence-electron chi connectivity index (χ3n) is 4.26. The summed E-state index contributed by atoms with van der Waals surface area (Å²) in [5.74, 6) is 0.